The molecule has 1 aromatic heterocycles. The number of hydrogen-bond acceptors (Lipinski definition) is 4. The molecular formula is C14H12F4N4. The Kier molecular flexibility index (Phi) is 3.59. The molecular weight excluding hydrogens is 300 g/mol. The Hall–Kier alpha value is -2.38. The first-order valence-corrected chi connectivity index (χ1v) is 6.64. The van der Waals surface area contributed by atoms with E-state index < -0.39 is 17.6 Å². The summed E-state index contributed by atoms with van der Waals surface area (Å²) in [5, 5.41) is 5.68. The molecule has 0 radical (unpaired) electrons. The minimum absolute atomic E-state index is 0.219. The van der Waals surface area contributed by atoms with Crippen molar-refractivity contribution in [2.24, 2.45) is 0 Å². The van der Waals surface area contributed by atoms with Crippen molar-refractivity contribution in [2.75, 3.05) is 10.6 Å². The Morgan fingerprint density at radius 1 is 1.05 bits per heavy atom. The third-order valence-corrected chi connectivity index (χ3v) is 3.15. The molecule has 0 aliphatic heterocycles. The van der Waals surface area contributed by atoms with E-state index in [0.29, 0.717) is 24.0 Å². The normalized spacial score (nSPS) is 14.7. The zero-order chi connectivity index (χ0) is 15.7. The molecule has 8 heteroatoms. The van der Waals surface area contributed by atoms with Crippen molar-refractivity contribution in [3.05, 3.63) is 42.0 Å². The first-order valence-electron chi connectivity index (χ1n) is 6.64. The van der Waals surface area contributed by atoms with Gasteiger partial charge >= 0.3 is 6.18 Å². The summed E-state index contributed by atoms with van der Waals surface area (Å²) in [5.74, 6) is -0.0212. The van der Waals surface area contributed by atoms with Crippen molar-refractivity contribution in [1.82, 2.24) is 9.97 Å². The van der Waals surface area contributed by atoms with Crippen molar-refractivity contribution < 1.29 is 17.6 Å². The number of nitrogens with zero attached hydrogens (tertiary/aromatic N) is 2. The van der Waals surface area contributed by atoms with Crippen LogP contribution in [0.15, 0.2) is 30.6 Å². The zero-order valence-electron chi connectivity index (χ0n) is 11.3. The molecule has 1 aliphatic carbocycles. The predicted molar refractivity (Wildman–Crippen MR) is 73.4 cm³/mol. The van der Waals surface area contributed by atoms with Crippen LogP contribution in [0.1, 0.15) is 18.4 Å². The molecule has 0 bridgehead atoms. The summed E-state index contributed by atoms with van der Waals surface area (Å²) in [6.07, 6.45) is -1.17. The number of alkyl halides is 3. The number of aromatic nitrogens is 2. The Labute approximate surface area is 123 Å². The molecule has 4 nitrogen and oxygen atoms in total. The van der Waals surface area contributed by atoms with Crippen LogP contribution in [-0.4, -0.2) is 16.0 Å². The maximum absolute atomic E-state index is 13.7. The highest BCUT2D eigenvalue weighted by Crippen LogP contribution is 2.32. The first kappa shape index (κ1) is 14.6. The van der Waals surface area contributed by atoms with E-state index in [2.05, 4.69) is 20.6 Å². The number of halogens is 4. The van der Waals surface area contributed by atoms with Gasteiger partial charge in [-0.3, -0.25) is 0 Å². The van der Waals surface area contributed by atoms with Gasteiger partial charge in [-0.2, -0.15) is 13.2 Å². The smallest absolute Gasteiger partial charge is 0.367 e. The molecule has 1 aromatic carbocycles. The number of benzene rings is 1. The van der Waals surface area contributed by atoms with Gasteiger partial charge in [0.15, 0.2) is 0 Å². The van der Waals surface area contributed by atoms with Crippen LogP contribution in [0.2, 0.25) is 0 Å². The molecule has 1 fully saturated rings. The fraction of sp³-hybridized carbons (Fsp3) is 0.286. The summed E-state index contributed by atoms with van der Waals surface area (Å²) in [7, 11) is 0. The summed E-state index contributed by atoms with van der Waals surface area (Å²) in [5.41, 5.74) is -1.22. The predicted octanol–water partition coefficient (Wildman–Crippen LogP) is 3.95. The highest BCUT2D eigenvalue weighted by Gasteiger charge is 2.31. The van der Waals surface area contributed by atoms with E-state index in [1.807, 2.05) is 0 Å². The summed E-state index contributed by atoms with van der Waals surface area (Å²) in [6, 6.07) is 4.08. The van der Waals surface area contributed by atoms with E-state index in [-0.39, 0.29) is 11.5 Å². The second-order valence-corrected chi connectivity index (χ2v) is 5.02. The Bertz CT molecular complexity index is 683. The highest BCUT2D eigenvalue weighted by atomic mass is 19.4. The summed E-state index contributed by atoms with van der Waals surface area (Å²) < 4.78 is 51.7. The monoisotopic (exact) mass is 312 g/mol. The van der Waals surface area contributed by atoms with Crippen LogP contribution in [0.4, 0.5) is 34.9 Å². The van der Waals surface area contributed by atoms with E-state index in [4.69, 9.17) is 0 Å². The van der Waals surface area contributed by atoms with Crippen molar-refractivity contribution in [2.45, 2.75) is 25.1 Å². The van der Waals surface area contributed by atoms with Crippen LogP contribution < -0.4 is 10.6 Å². The SMILES string of the molecule is Fc1ccc(C(F)(F)F)cc1Nc1cc(NC2CC2)ncn1. The topological polar surface area (TPSA) is 49.8 Å². The summed E-state index contributed by atoms with van der Waals surface area (Å²) >= 11 is 0. The summed E-state index contributed by atoms with van der Waals surface area (Å²) in [6.45, 7) is 0. The van der Waals surface area contributed by atoms with Gasteiger partial charge in [-0.1, -0.05) is 0 Å². The minimum atomic E-state index is -4.53. The molecule has 3 rings (SSSR count). The average molecular weight is 312 g/mol. The Morgan fingerprint density at radius 2 is 1.77 bits per heavy atom. The van der Waals surface area contributed by atoms with E-state index in [0.717, 1.165) is 18.9 Å². The molecule has 22 heavy (non-hydrogen) atoms. The van der Waals surface area contributed by atoms with Crippen LogP contribution in [0.3, 0.4) is 0 Å². The van der Waals surface area contributed by atoms with Gasteiger partial charge in [0, 0.05) is 12.1 Å². The van der Waals surface area contributed by atoms with Crippen molar-refractivity contribution in [3.8, 4) is 0 Å². The highest BCUT2D eigenvalue weighted by molar-refractivity contribution is 5.60. The van der Waals surface area contributed by atoms with Crippen molar-refractivity contribution in [1.29, 1.82) is 0 Å². The molecule has 0 spiro atoms. The molecule has 2 N–H and O–H groups in total. The van der Waals surface area contributed by atoms with Crippen molar-refractivity contribution >= 4 is 17.3 Å². The van der Waals surface area contributed by atoms with Gasteiger partial charge in [0.1, 0.15) is 23.8 Å². The van der Waals surface area contributed by atoms with E-state index >= 15 is 0 Å². The third-order valence-electron chi connectivity index (χ3n) is 3.15. The second-order valence-electron chi connectivity index (χ2n) is 5.02. The van der Waals surface area contributed by atoms with Gasteiger partial charge in [-0.25, -0.2) is 14.4 Å². The van der Waals surface area contributed by atoms with E-state index in [1.54, 1.807) is 0 Å². The Balaban J connectivity index is 1.82. The lowest BCUT2D eigenvalue weighted by Crippen LogP contribution is -2.07. The lowest BCUT2D eigenvalue weighted by atomic mass is 10.2. The lowest BCUT2D eigenvalue weighted by Gasteiger charge is -2.12. The maximum Gasteiger partial charge on any atom is 0.416 e. The molecule has 116 valence electrons. The summed E-state index contributed by atoms with van der Waals surface area (Å²) in [4.78, 5) is 7.89. The molecule has 1 aliphatic rings. The fourth-order valence-electron chi connectivity index (χ4n) is 1.88. The number of rotatable bonds is 4. The average Bonchev–Trinajstić information content (AvgIpc) is 3.24. The quantitative estimate of drug-likeness (QED) is 0.839. The number of nitrogens with one attached hydrogen (secondary N) is 2. The lowest BCUT2D eigenvalue weighted by molar-refractivity contribution is -0.137. The largest absolute Gasteiger partial charge is 0.416 e. The Morgan fingerprint density at radius 3 is 2.45 bits per heavy atom. The van der Waals surface area contributed by atoms with E-state index in [1.165, 1.54) is 12.4 Å². The number of hydrogen-bond donors (Lipinski definition) is 2. The van der Waals surface area contributed by atoms with Crippen LogP contribution in [0.5, 0.6) is 0 Å². The van der Waals surface area contributed by atoms with Crippen molar-refractivity contribution in [3.63, 3.8) is 0 Å². The van der Waals surface area contributed by atoms with Gasteiger partial charge < -0.3 is 10.6 Å². The molecule has 2 aromatic rings. The standard InChI is InChI=1S/C14H12F4N4/c15-10-4-1-8(14(16,17)18)5-11(10)22-13-6-12(19-7-20-13)21-9-2-3-9/h1,4-7,9H,2-3H2,(H2,19,20,21,22). The van der Waals surface area contributed by atoms with Crippen LogP contribution in [-0.2, 0) is 6.18 Å². The molecule has 1 saturated carbocycles. The molecule has 0 atom stereocenters. The van der Waals surface area contributed by atoms with Gasteiger partial charge in [0.2, 0.25) is 0 Å². The van der Waals surface area contributed by atoms with Gasteiger partial charge in [-0.05, 0) is 31.0 Å². The third kappa shape index (κ3) is 3.44. The molecule has 0 saturated heterocycles. The fourth-order valence-corrected chi connectivity index (χ4v) is 1.88. The van der Waals surface area contributed by atoms with Crippen LogP contribution >= 0.6 is 0 Å². The molecule has 0 amide bonds. The van der Waals surface area contributed by atoms with Gasteiger partial charge in [-0.15, -0.1) is 0 Å². The van der Waals surface area contributed by atoms with E-state index in [9.17, 15) is 17.6 Å². The van der Waals surface area contributed by atoms with Gasteiger partial charge in [0.25, 0.3) is 0 Å². The molecule has 1 heterocycles. The van der Waals surface area contributed by atoms with Gasteiger partial charge in [0.05, 0.1) is 11.3 Å². The van der Waals surface area contributed by atoms with Crippen LogP contribution in [0, 0.1) is 5.82 Å². The minimum Gasteiger partial charge on any atom is -0.367 e. The first-order chi connectivity index (χ1) is 10.4. The maximum atomic E-state index is 13.7. The molecule has 0 unspecified atom stereocenters. The zero-order valence-corrected chi connectivity index (χ0v) is 11.3. The second kappa shape index (κ2) is 5.43. The van der Waals surface area contributed by atoms with Crippen LogP contribution in [0.25, 0.3) is 0 Å². The number of anilines is 3.